The lowest BCUT2D eigenvalue weighted by molar-refractivity contribution is -0.129. The maximum absolute atomic E-state index is 12.7. The summed E-state index contributed by atoms with van der Waals surface area (Å²) in [7, 11) is 2.97. The number of hydrogen-bond acceptors (Lipinski definition) is 6. The number of aliphatic hydroxyl groups is 1. The van der Waals surface area contributed by atoms with Crippen LogP contribution in [0.25, 0.3) is 0 Å². The van der Waals surface area contributed by atoms with E-state index in [0.717, 1.165) is 30.4 Å². The van der Waals surface area contributed by atoms with Crippen molar-refractivity contribution >= 4 is 11.9 Å². The van der Waals surface area contributed by atoms with Gasteiger partial charge in [-0.05, 0) is 60.5 Å². The Morgan fingerprint density at radius 1 is 1.14 bits per heavy atom. The van der Waals surface area contributed by atoms with E-state index in [1.165, 1.54) is 7.11 Å². The zero-order valence-electron chi connectivity index (χ0n) is 23.1. The molecule has 0 saturated carbocycles. The summed E-state index contributed by atoms with van der Waals surface area (Å²) in [5.41, 5.74) is 8.49. The van der Waals surface area contributed by atoms with Gasteiger partial charge in [-0.25, -0.2) is 4.79 Å². The third-order valence-corrected chi connectivity index (χ3v) is 6.61. The van der Waals surface area contributed by atoms with E-state index in [2.05, 4.69) is 46.9 Å². The van der Waals surface area contributed by atoms with Gasteiger partial charge in [-0.1, -0.05) is 60.1 Å². The Morgan fingerprint density at radius 2 is 1.80 bits per heavy atom. The number of nitrogens with one attached hydrogen (secondary N) is 1. The Bertz CT molecular complexity index is 816. The fourth-order valence-electron chi connectivity index (χ4n) is 4.34. The van der Waals surface area contributed by atoms with Crippen molar-refractivity contribution in [1.29, 1.82) is 0 Å². The zero-order valence-corrected chi connectivity index (χ0v) is 23.1. The fraction of sp³-hybridized carbons (Fsp3) is 0.714. The highest BCUT2D eigenvalue weighted by Gasteiger charge is 2.29. The normalized spacial score (nSPS) is 14.4. The Kier molecular flexibility index (Phi) is 12.8. The van der Waals surface area contributed by atoms with Crippen molar-refractivity contribution < 1.29 is 24.2 Å². The fourth-order valence-corrected chi connectivity index (χ4v) is 4.34. The molecule has 0 radical (unpaired) electrons. The lowest BCUT2D eigenvalue weighted by Gasteiger charge is -2.28. The van der Waals surface area contributed by atoms with Crippen LogP contribution in [-0.2, 0) is 21.4 Å². The first kappa shape index (κ1) is 30.9. The number of rotatable bonds is 14. The van der Waals surface area contributed by atoms with Crippen molar-refractivity contribution in [1.82, 2.24) is 5.32 Å². The molecule has 0 bridgehead atoms. The van der Waals surface area contributed by atoms with Gasteiger partial charge in [-0.3, -0.25) is 4.79 Å². The molecule has 0 unspecified atom stereocenters. The number of carbonyl (C=O) groups is 2. The summed E-state index contributed by atoms with van der Waals surface area (Å²) in [5.74, 6) is 0.405. The summed E-state index contributed by atoms with van der Waals surface area (Å²) >= 11 is 0. The molecule has 1 amide bonds. The summed E-state index contributed by atoms with van der Waals surface area (Å²) < 4.78 is 10.9. The van der Waals surface area contributed by atoms with E-state index in [4.69, 9.17) is 15.2 Å². The number of amides is 1. The molecule has 7 nitrogen and oxygen atoms in total. The van der Waals surface area contributed by atoms with Crippen molar-refractivity contribution in [2.24, 2.45) is 17.6 Å². The van der Waals surface area contributed by atoms with Crippen LogP contribution in [0.3, 0.4) is 0 Å². The van der Waals surface area contributed by atoms with Crippen molar-refractivity contribution in [2.75, 3.05) is 20.8 Å². The number of aliphatic hydroxyl groups excluding tert-OH is 1. The van der Waals surface area contributed by atoms with Crippen molar-refractivity contribution in [3.63, 3.8) is 0 Å². The second-order valence-electron chi connectivity index (χ2n) is 10.9. The van der Waals surface area contributed by atoms with Crippen LogP contribution in [0.4, 0.5) is 0 Å². The minimum atomic E-state index is -1.04. The standard InChI is InChI=1S/C28H48N2O5/c1-9-10-15-30-26(32)23(31)14-12-21(29)17-20(18(2)3)16-19-11-13-22(28(4,5)6)24(25(19)34-7)27(33)35-8/h11,13,18,20-21,23,31H,9-10,12,14-17,29H2,1-8H3,(H,30,32)/t20-,21-,23-/m0/s1. The Morgan fingerprint density at radius 3 is 2.31 bits per heavy atom. The Hall–Kier alpha value is -2.12. The maximum atomic E-state index is 12.7. The minimum Gasteiger partial charge on any atom is -0.496 e. The highest BCUT2D eigenvalue weighted by molar-refractivity contribution is 5.95. The molecule has 0 saturated heterocycles. The van der Waals surface area contributed by atoms with Crippen molar-refractivity contribution in [3.05, 3.63) is 28.8 Å². The van der Waals surface area contributed by atoms with Gasteiger partial charge in [-0.15, -0.1) is 0 Å². The van der Waals surface area contributed by atoms with Crippen molar-refractivity contribution in [2.45, 2.75) is 97.6 Å². The first-order valence-corrected chi connectivity index (χ1v) is 12.9. The number of benzene rings is 1. The number of nitrogens with two attached hydrogens (primary N) is 1. The molecule has 200 valence electrons. The first-order valence-electron chi connectivity index (χ1n) is 12.9. The summed E-state index contributed by atoms with van der Waals surface area (Å²) in [4.78, 5) is 24.7. The predicted molar refractivity (Wildman–Crippen MR) is 141 cm³/mol. The van der Waals surface area contributed by atoms with E-state index in [0.29, 0.717) is 43.0 Å². The molecule has 3 atom stereocenters. The van der Waals surface area contributed by atoms with E-state index in [9.17, 15) is 14.7 Å². The summed E-state index contributed by atoms with van der Waals surface area (Å²) in [6.45, 7) is 13.1. The molecule has 0 aliphatic rings. The van der Waals surface area contributed by atoms with Gasteiger partial charge in [0, 0.05) is 12.6 Å². The number of hydrogen-bond donors (Lipinski definition) is 3. The van der Waals surface area contributed by atoms with Crippen LogP contribution in [0.2, 0.25) is 0 Å². The van der Waals surface area contributed by atoms with Gasteiger partial charge < -0.3 is 25.6 Å². The van der Waals surface area contributed by atoms with Gasteiger partial charge in [0.05, 0.1) is 14.2 Å². The average Bonchev–Trinajstić information content (AvgIpc) is 2.80. The largest absolute Gasteiger partial charge is 0.496 e. The molecule has 0 aromatic heterocycles. The maximum Gasteiger partial charge on any atom is 0.341 e. The van der Waals surface area contributed by atoms with Gasteiger partial charge in [0.2, 0.25) is 5.91 Å². The highest BCUT2D eigenvalue weighted by Crippen LogP contribution is 2.37. The summed E-state index contributed by atoms with van der Waals surface area (Å²) in [6, 6.07) is 3.88. The third-order valence-electron chi connectivity index (χ3n) is 6.61. The molecular formula is C28H48N2O5. The van der Waals surface area contributed by atoms with E-state index >= 15 is 0 Å². The van der Waals surface area contributed by atoms with E-state index in [1.807, 2.05) is 12.1 Å². The van der Waals surface area contributed by atoms with Crippen LogP contribution in [-0.4, -0.2) is 49.9 Å². The first-order chi connectivity index (χ1) is 16.4. The molecule has 4 N–H and O–H groups in total. The van der Waals surface area contributed by atoms with Crippen LogP contribution >= 0.6 is 0 Å². The topological polar surface area (TPSA) is 111 Å². The smallest absolute Gasteiger partial charge is 0.341 e. The molecular weight excluding hydrogens is 444 g/mol. The molecule has 0 aliphatic heterocycles. The molecule has 1 rings (SSSR count). The summed E-state index contributed by atoms with van der Waals surface area (Å²) in [6.07, 6.45) is 3.17. The van der Waals surface area contributed by atoms with Gasteiger partial charge >= 0.3 is 5.97 Å². The second kappa shape index (κ2) is 14.4. The van der Waals surface area contributed by atoms with Crippen LogP contribution in [0, 0.1) is 11.8 Å². The lowest BCUT2D eigenvalue weighted by atomic mass is 9.79. The second-order valence-corrected chi connectivity index (χ2v) is 10.9. The lowest BCUT2D eigenvalue weighted by Crippen LogP contribution is -2.36. The van der Waals surface area contributed by atoms with Gasteiger partial charge in [-0.2, -0.15) is 0 Å². The number of ether oxygens (including phenoxy) is 2. The van der Waals surface area contributed by atoms with Crippen LogP contribution in [0.15, 0.2) is 12.1 Å². The van der Waals surface area contributed by atoms with Crippen molar-refractivity contribution in [3.8, 4) is 5.75 Å². The monoisotopic (exact) mass is 492 g/mol. The molecule has 0 fully saturated rings. The molecule has 0 aliphatic carbocycles. The number of methoxy groups -OCH3 is 2. The quantitative estimate of drug-likeness (QED) is 0.263. The molecule has 7 heteroatoms. The van der Waals surface area contributed by atoms with Crippen LogP contribution in [0.5, 0.6) is 5.75 Å². The third kappa shape index (κ3) is 9.45. The number of carbonyl (C=O) groups excluding carboxylic acids is 2. The van der Waals surface area contributed by atoms with Gasteiger partial charge in [0.15, 0.2) is 0 Å². The van der Waals surface area contributed by atoms with Crippen LogP contribution in [0.1, 0.15) is 95.1 Å². The zero-order chi connectivity index (χ0) is 26.8. The van der Waals surface area contributed by atoms with Crippen LogP contribution < -0.4 is 15.8 Å². The number of esters is 1. The summed E-state index contributed by atoms with van der Waals surface area (Å²) in [5, 5.41) is 12.9. The SMILES string of the molecule is CCCCNC(=O)[C@@H](O)CC[C@H](N)C[C@H](Cc1ccc(C(C)(C)C)c(C(=O)OC)c1OC)C(C)C. The van der Waals surface area contributed by atoms with Gasteiger partial charge in [0.25, 0.3) is 0 Å². The number of unbranched alkanes of at least 4 members (excludes halogenated alkanes) is 1. The molecule has 0 spiro atoms. The Balaban J connectivity index is 2.99. The predicted octanol–water partition coefficient (Wildman–Crippen LogP) is 4.37. The minimum absolute atomic E-state index is 0.152. The molecule has 1 aromatic rings. The van der Waals surface area contributed by atoms with E-state index in [1.54, 1.807) is 7.11 Å². The molecule has 0 heterocycles. The van der Waals surface area contributed by atoms with E-state index in [-0.39, 0.29) is 23.3 Å². The Labute approximate surface area is 212 Å². The molecule has 35 heavy (non-hydrogen) atoms. The van der Waals surface area contributed by atoms with Gasteiger partial charge in [0.1, 0.15) is 17.4 Å². The molecule has 1 aromatic carbocycles. The highest BCUT2D eigenvalue weighted by atomic mass is 16.5. The van der Waals surface area contributed by atoms with E-state index < -0.39 is 12.1 Å². The average molecular weight is 493 g/mol.